The molecule has 1 fully saturated rings. The number of ether oxygens (including phenoxy) is 2. The molecule has 1 aromatic heterocycles. The molecule has 1 atom stereocenters. The van der Waals surface area contributed by atoms with Gasteiger partial charge in [0.2, 0.25) is 0 Å². The molecule has 8 nitrogen and oxygen atoms in total. The van der Waals surface area contributed by atoms with Crippen molar-refractivity contribution in [3.8, 4) is 11.5 Å². The number of fused-ring (bicyclic) bond motifs is 1. The third kappa shape index (κ3) is 3.89. The van der Waals surface area contributed by atoms with E-state index >= 15 is 0 Å². The van der Waals surface area contributed by atoms with Crippen molar-refractivity contribution in [2.24, 2.45) is 0 Å². The third-order valence-electron chi connectivity index (χ3n) is 4.85. The number of aromatic nitrogens is 2. The summed E-state index contributed by atoms with van der Waals surface area (Å²) in [5.41, 5.74) is 0.991. The summed E-state index contributed by atoms with van der Waals surface area (Å²) in [5, 5.41) is 3.07. The van der Waals surface area contributed by atoms with Crippen LogP contribution in [0.4, 0.5) is 10.6 Å². The largest absolute Gasteiger partial charge is 0.486 e. The molecule has 3 heterocycles. The van der Waals surface area contributed by atoms with Gasteiger partial charge < -0.3 is 24.6 Å². The van der Waals surface area contributed by atoms with Crippen LogP contribution >= 0.6 is 0 Å². The molecule has 1 aromatic carbocycles. The highest BCUT2D eigenvalue weighted by Gasteiger charge is 2.23. The zero-order chi connectivity index (χ0) is 18.6. The molecule has 1 N–H and O–H groups in total. The van der Waals surface area contributed by atoms with Crippen molar-refractivity contribution in [3.63, 3.8) is 0 Å². The number of nitrogens with zero attached hydrogens (tertiary/aromatic N) is 4. The van der Waals surface area contributed by atoms with Gasteiger partial charge in [-0.2, -0.15) is 0 Å². The molecular formula is C19H23N5O3. The summed E-state index contributed by atoms with van der Waals surface area (Å²) in [5.74, 6) is 2.34. The van der Waals surface area contributed by atoms with Crippen molar-refractivity contribution in [3.05, 3.63) is 42.4 Å². The molecule has 2 aromatic rings. The molecule has 0 unspecified atom stereocenters. The van der Waals surface area contributed by atoms with E-state index in [0.717, 1.165) is 36.0 Å². The third-order valence-corrected chi connectivity index (χ3v) is 4.85. The molecular weight excluding hydrogens is 346 g/mol. The first kappa shape index (κ1) is 17.4. The fraction of sp³-hybridized carbons (Fsp3) is 0.421. The zero-order valence-corrected chi connectivity index (χ0v) is 15.3. The molecule has 0 spiro atoms. The number of hydrogen-bond acceptors (Lipinski definition) is 6. The number of anilines is 1. The Morgan fingerprint density at radius 2 is 1.89 bits per heavy atom. The molecule has 2 aliphatic rings. The Labute approximate surface area is 158 Å². The molecule has 8 heteroatoms. The quantitative estimate of drug-likeness (QED) is 0.889. The van der Waals surface area contributed by atoms with Gasteiger partial charge in [0, 0.05) is 38.6 Å². The molecule has 0 bridgehead atoms. The topological polar surface area (TPSA) is 79.8 Å². The molecule has 27 heavy (non-hydrogen) atoms. The van der Waals surface area contributed by atoms with Gasteiger partial charge >= 0.3 is 6.03 Å². The first-order valence-corrected chi connectivity index (χ1v) is 9.16. The molecule has 142 valence electrons. The average molecular weight is 369 g/mol. The number of piperazine rings is 1. The van der Waals surface area contributed by atoms with Gasteiger partial charge in [-0.3, -0.25) is 4.98 Å². The fourth-order valence-electron chi connectivity index (χ4n) is 3.28. The Hall–Kier alpha value is -3.03. The normalized spacial score (nSPS) is 17.4. The minimum absolute atomic E-state index is 0.0591. The van der Waals surface area contributed by atoms with Crippen LogP contribution in [0, 0.1) is 0 Å². The van der Waals surface area contributed by atoms with Gasteiger partial charge in [-0.15, -0.1) is 0 Å². The van der Waals surface area contributed by atoms with Crippen molar-refractivity contribution in [2.45, 2.75) is 13.0 Å². The smallest absolute Gasteiger partial charge is 0.317 e. The Morgan fingerprint density at radius 1 is 1.11 bits per heavy atom. The number of urea groups is 1. The Bertz CT molecular complexity index is 793. The van der Waals surface area contributed by atoms with Crippen molar-refractivity contribution in [1.29, 1.82) is 0 Å². The molecule has 4 rings (SSSR count). The number of rotatable bonds is 3. The summed E-state index contributed by atoms with van der Waals surface area (Å²) in [7, 11) is 0. The first-order valence-electron chi connectivity index (χ1n) is 9.16. The lowest BCUT2D eigenvalue weighted by molar-refractivity contribution is 0.171. The lowest BCUT2D eigenvalue weighted by Gasteiger charge is -2.35. The van der Waals surface area contributed by atoms with Crippen molar-refractivity contribution < 1.29 is 14.3 Å². The van der Waals surface area contributed by atoms with Crippen LogP contribution in [0.25, 0.3) is 0 Å². The first-order chi connectivity index (χ1) is 13.2. The van der Waals surface area contributed by atoms with E-state index in [9.17, 15) is 4.79 Å². The summed E-state index contributed by atoms with van der Waals surface area (Å²) in [4.78, 5) is 25.0. The molecule has 2 aliphatic heterocycles. The van der Waals surface area contributed by atoms with E-state index in [1.165, 1.54) is 0 Å². The highest BCUT2D eigenvalue weighted by molar-refractivity contribution is 5.75. The van der Waals surface area contributed by atoms with Crippen LogP contribution in [0.1, 0.15) is 18.5 Å². The molecule has 2 amide bonds. The Balaban J connectivity index is 1.33. The second-order valence-corrected chi connectivity index (χ2v) is 6.61. The van der Waals surface area contributed by atoms with Gasteiger partial charge in [0.1, 0.15) is 19.0 Å². The summed E-state index contributed by atoms with van der Waals surface area (Å²) < 4.78 is 11.2. The number of carbonyl (C=O) groups is 1. The van der Waals surface area contributed by atoms with Gasteiger partial charge in [0.15, 0.2) is 11.5 Å². The Morgan fingerprint density at radius 3 is 2.63 bits per heavy atom. The van der Waals surface area contributed by atoms with E-state index in [1.807, 2.05) is 30.0 Å². The second-order valence-electron chi connectivity index (χ2n) is 6.61. The lowest BCUT2D eigenvalue weighted by atomic mass is 10.1. The maximum Gasteiger partial charge on any atom is 0.317 e. The number of hydrogen-bond donors (Lipinski definition) is 1. The van der Waals surface area contributed by atoms with E-state index in [2.05, 4.69) is 20.2 Å². The van der Waals surface area contributed by atoms with Gasteiger partial charge in [-0.05, 0) is 24.6 Å². The number of benzene rings is 1. The van der Waals surface area contributed by atoms with Crippen molar-refractivity contribution in [1.82, 2.24) is 20.2 Å². The van der Waals surface area contributed by atoms with Crippen molar-refractivity contribution in [2.75, 3.05) is 44.3 Å². The number of nitrogens with one attached hydrogen (secondary N) is 1. The maximum absolute atomic E-state index is 12.6. The fourth-order valence-corrected chi connectivity index (χ4v) is 3.28. The van der Waals surface area contributed by atoms with E-state index in [4.69, 9.17) is 9.47 Å². The number of amides is 2. The van der Waals surface area contributed by atoms with Gasteiger partial charge in [-0.25, -0.2) is 9.78 Å². The summed E-state index contributed by atoms with van der Waals surface area (Å²) in [6, 6.07) is 5.62. The average Bonchev–Trinajstić information content (AvgIpc) is 2.74. The van der Waals surface area contributed by atoms with Crippen LogP contribution in [0.2, 0.25) is 0 Å². The van der Waals surface area contributed by atoms with Gasteiger partial charge in [0.25, 0.3) is 0 Å². The lowest BCUT2D eigenvalue weighted by Crippen LogP contribution is -2.52. The SMILES string of the molecule is C[C@@H](NC(=O)N1CCN(c2cnccn2)CC1)c1ccc2c(c1)OCCO2. The maximum atomic E-state index is 12.6. The second kappa shape index (κ2) is 7.69. The van der Waals surface area contributed by atoms with Crippen LogP contribution in [-0.2, 0) is 0 Å². The predicted octanol–water partition coefficient (Wildman–Crippen LogP) is 1.84. The minimum atomic E-state index is -0.119. The zero-order valence-electron chi connectivity index (χ0n) is 15.3. The highest BCUT2D eigenvalue weighted by atomic mass is 16.6. The highest BCUT2D eigenvalue weighted by Crippen LogP contribution is 2.32. The summed E-state index contributed by atoms with van der Waals surface area (Å²) in [6.45, 7) is 5.87. The van der Waals surface area contributed by atoms with E-state index in [0.29, 0.717) is 26.3 Å². The number of carbonyl (C=O) groups excluding carboxylic acids is 1. The molecule has 0 aliphatic carbocycles. The van der Waals surface area contributed by atoms with E-state index in [1.54, 1.807) is 18.6 Å². The van der Waals surface area contributed by atoms with Crippen LogP contribution in [0.3, 0.4) is 0 Å². The predicted molar refractivity (Wildman–Crippen MR) is 100 cm³/mol. The summed E-state index contributed by atoms with van der Waals surface area (Å²) in [6.07, 6.45) is 5.09. The Kier molecular flexibility index (Phi) is 4.95. The monoisotopic (exact) mass is 369 g/mol. The van der Waals surface area contributed by atoms with Crippen LogP contribution < -0.4 is 19.7 Å². The van der Waals surface area contributed by atoms with E-state index < -0.39 is 0 Å². The minimum Gasteiger partial charge on any atom is -0.486 e. The summed E-state index contributed by atoms with van der Waals surface area (Å²) >= 11 is 0. The van der Waals surface area contributed by atoms with Crippen LogP contribution in [0.5, 0.6) is 11.5 Å². The van der Waals surface area contributed by atoms with Crippen molar-refractivity contribution >= 4 is 11.8 Å². The molecule has 1 saturated heterocycles. The molecule has 0 saturated carbocycles. The van der Waals surface area contributed by atoms with Crippen LogP contribution in [-0.4, -0.2) is 60.3 Å². The molecule has 0 radical (unpaired) electrons. The standard InChI is InChI=1S/C19H23N5O3/c1-14(15-2-3-16-17(12-15)27-11-10-26-16)22-19(25)24-8-6-23(7-9-24)18-13-20-4-5-21-18/h2-5,12-14H,6-11H2,1H3,(H,22,25)/t14-/m1/s1. The van der Waals surface area contributed by atoms with Crippen LogP contribution in [0.15, 0.2) is 36.8 Å². The van der Waals surface area contributed by atoms with Gasteiger partial charge in [-0.1, -0.05) is 6.07 Å². The van der Waals surface area contributed by atoms with Gasteiger partial charge in [0.05, 0.1) is 12.2 Å². The van der Waals surface area contributed by atoms with E-state index in [-0.39, 0.29) is 12.1 Å².